The largest absolute Gasteiger partial charge is 0.496 e. The van der Waals surface area contributed by atoms with E-state index in [1.165, 1.54) is 7.11 Å². The van der Waals surface area contributed by atoms with Crippen LogP contribution in [0.4, 0.5) is 10.5 Å². The van der Waals surface area contributed by atoms with Crippen LogP contribution in [0, 0.1) is 0 Å². The van der Waals surface area contributed by atoms with Gasteiger partial charge in [0.2, 0.25) is 0 Å². The summed E-state index contributed by atoms with van der Waals surface area (Å²) in [5.41, 5.74) is 1.20. The fourth-order valence-corrected chi connectivity index (χ4v) is 2.03. The van der Waals surface area contributed by atoms with Crippen LogP contribution in [0.25, 0.3) is 0 Å². The Labute approximate surface area is 125 Å². The highest BCUT2D eigenvalue weighted by molar-refractivity contribution is 5.89. The molecule has 0 saturated heterocycles. The average molecular weight is 293 g/mol. The predicted molar refractivity (Wildman–Crippen MR) is 82.3 cm³/mol. The lowest BCUT2D eigenvalue weighted by molar-refractivity contribution is 0.0635. The van der Waals surface area contributed by atoms with E-state index in [2.05, 4.69) is 5.32 Å². The Morgan fingerprint density at radius 1 is 1.29 bits per heavy atom. The molecule has 1 amide bonds. The van der Waals surface area contributed by atoms with Gasteiger partial charge in [-0.2, -0.15) is 0 Å². The molecule has 0 aromatic heterocycles. The van der Waals surface area contributed by atoms with Crippen LogP contribution in [0.5, 0.6) is 5.75 Å². The number of amides is 1. The second-order valence-corrected chi connectivity index (χ2v) is 6.08. The number of carbonyl (C=O) groups is 2. The molecule has 116 valence electrons. The van der Waals surface area contributed by atoms with Crippen LogP contribution in [0.2, 0.25) is 0 Å². The number of carbonyl (C=O) groups excluding carboxylic acids is 2. The van der Waals surface area contributed by atoms with E-state index in [1.54, 1.807) is 32.9 Å². The highest BCUT2D eigenvalue weighted by atomic mass is 16.6. The Morgan fingerprint density at radius 3 is 2.33 bits per heavy atom. The van der Waals surface area contributed by atoms with E-state index in [9.17, 15) is 9.59 Å². The topological polar surface area (TPSA) is 64.6 Å². The van der Waals surface area contributed by atoms with Crippen LogP contribution in [-0.4, -0.2) is 25.1 Å². The minimum Gasteiger partial charge on any atom is -0.496 e. The zero-order valence-electron chi connectivity index (χ0n) is 13.4. The Kier molecular flexibility index (Phi) is 5.35. The fourth-order valence-electron chi connectivity index (χ4n) is 2.03. The molecule has 0 unspecified atom stereocenters. The lowest BCUT2D eigenvalue weighted by atomic mass is 9.96. The molecule has 0 aliphatic heterocycles. The summed E-state index contributed by atoms with van der Waals surface area (Å²) in [6.07, 6.45) is 0.191. The van der Waals surface area contributed by atoms with Crippen molar-refractivity contribution in [3.63, 3.8) is 0 Å². The zero-order valence-corrected chi connectivity index (χ0v) is 13.4. The van der Waals surface area contributed by atoms with E-state index in [0.29, 0.717) is 17.0 Å². The van der Waals surface area contributed by atoms with Crippen molar-refractivity contribution in [2.24, 2.45) is 0 Å². The van der Waals surface area contributed by atoms with E-state index in [-0.39, 0.29) is 5.92 Å². The highest BCUT2D eigenvalue weighted by Crippen LogP contribution is 2.32. The number of anilines is 1. The molecule has 1 aromatic carbocycles. The number of benzene rings is 1. The molecule has 0 heterocycles. The molecule has 1 N–H and O–H groups in total. The van der Waals surface area contributed by atoms with Gasteiger partial charge in [0.1, 0.15) is 11.4 Å². The first kappa shape index (κ1) is 17.0. The highest BCUT2D eigenvalue weighted by Gasteiger charge is 2.19. The molecule has 5 heteroatoms. The molecule has 0 fully saturated rings. The number of ether oxygens (including phenoxy) is 2. The summed E-state index contributed by atoms with van der Waals surface area (Å²) >= 11 is 0. The SMILES string of the molecule is COc1cc(NC(=O)OC(C)(C)C)cc(C=O)c1C(C)C. The standard InChI is InChI=1S/C16H23NO4/c1-10(2)14-11(9-18)7-12(8-13(14)20-6)17-15(19)21-16(3,4)5/h7-10H,1-6H3,(H,17,19). The summed E-state index contributed by atoms with van der Waals surface area (Å²) < 4.78 is 10.5. The van der Waals surface area contributed by atoms with Crippen molar-refractivity contribution in [2.75, 3.05) is 12.4 Å². The van der Waals surface area contributed by atoms with E-state index in [1.807, 2.05) is 13.8 Å². The predicted octanol–water partition coefficient (Wildman–Crippen LogP) is 3.98. The van der Waals surface area contributed by atoms with Gasteiger partial charge in [0.05, 0.1) is 7.11 Å². The first-order valence-electron chi connectivity index (χ1n) is 6.85. The lowest BCUT2D eigenvalue weighted by Gasteiger charge is -2.21. The molecule has 1 aromatic rings. The van der Waals surface area contributed by atoms with Crippen LogP contribution in [0.3, 0.4) is 0 Å². The van der Waals surface area contributed by atoms with Crippen molar-refractivity contribution >= 4 is 18.1 Å². The zero-order chi connectivity index (χ0) is 16.2. The van der Waals surface area contributed by atoms with Gasteiger partial charge in [-0.25, -0.2) is 4.79 Å². The number of hydrogen-bond donors (Lipinski definition) is 1. The molecule has 0 spiro atoms. The summed E-state index contributed by atoms with van der Waals surface area (Å²) in [5, 5.41) is 2.61. The molecule has 0 aliphatic carbocycles. The molecule has 21 heavy (non-hydrogen) atoms. The van der Waals surface area contributed by atoms with Gasteiger partial charge < -0.3 is 9.47 Å². The Bertz CT molecular complexity index is 530. The van der Waals surface area contributed by atoms with Crippen molar-refractivity contribution in [1.82, 2.24) is 0 Å². The summed E-state index contributed by atoms with van der Waals surface area (Å²) in [4.78, 5) is 23.1. The molecular weight excluding hydrogens is 270 g/mol. The van der Waals surface area contributed by atoms with Crippen LogP contribution < -0.4 is 10.1 Å². The number of hydrogen-bond acceptors (Lipinski definition) is 4. The quantitative estimate of drug-likeness (QED) is 0.853. The third-order valence-electron chi connectivity index (χ3n) is 2.74. The maximum atomic E-state index is 11.8. The van der Waals surface area contributed by atoms with E-state index in [0.717, 1.165) is 11.8 Å². The molecule has 0 bridgehead atoms. The summed E-state index contributed by atoms with van der Waals surface area (Å²) in [6.45, 7) is 9.31. The van der Waals surface area contributed by atoms with Gasteiger partial charge >= 0.3 is 6.09 Å². The maximum Gasteiger partial charge on any atom is 0.412 e. The van der Waals surface area contributed by atoms with Gasteiger partial charge in [-0.3, -0.25) is 10.1 Å². The summed E-state index contributed by atoms with van der Waals surface area (Å²) in [5.74, 6) is 0.705. The van der Waals surface area contributed by atoms with Gasteiger partial charge in [-0.05, 0) is 32.8 Å². The van der Waals surface area contributed by atoms with E-state index < -0.39 is 11.7 Å². The number of methoxy groups -OCH3 is 1. The van der Waals surface area contributed by atoms with Gasteiger partial charge in [-0.15, -0.1) is 0 Å². The molecule has 0 radical (unpaired) electrons. The Morgan fingerprint density at radius 2 is 1.90 bits per heavy atom. The molecule has 0 saturated carbocycles. The maximum absolute atomic E-state index is 11.8. The van der Waals surface area contributed by atoms with Crippen molar-refractivity contribution in [3.05, 3.63) is 23.3 Å². The minimum atomic E-state index is -0.584. The first-order chi connectivity index (χ1) is 9.67. The Hall–Kier alpha value is -2.04. The molecule has 1 rings (SSSR count). The van der Waals surface area contributed by atoms with Crippen molar-refractivity contribution < 1.29 is 19.1 Å². The first-order valence-corrected chi connectivity index (χ1v) is 6.85. The Balaban J connectivity index is 3.10. The molecule has 0 aliphatic rings. The van der Waals surface area contributed by atoms with Gasteiger partial charge in [0, 0.05) is 22.9 Å². The van der Waals surface area contributed by atoms with Gasteiger partial charge in [-0.1, -0.05) is 13.8 Å². The second-order valence-electron chi connectivity index (χ2n) is 6.08. The third kappa shape index (κ3) is 4.77. The second kappa shape index (κ2) is 6.61. The van der Waals surface area contributed by atoms with E-state index >= 15 is 0 Å². The lowest BCUT2D eigenvalue weighted by Crippen LogP contribution is -2.27. The van der Waals surface area contributed by atoms with Crippen LogP contribution in [0.15, 0.2) is 12.1 Å². The van der Waals surface area contributed by atoms with E-state index in [4.69, 9.17) is 9.47 Å². The van der Waals surface area contributed by atoms with Crippen LogP contribution in [-0.2, 0) is 4.74 Å². The third-order valence-corrected chi connectivity index (χ3v) is 2.74. The summed E-state index contributed by atoms with van der Waals surface area (Å²) in [7, 11) is 1.53. The number of rotatable bonds is 4. The fraction of sp³-hybridized carbons (Fsp3) is 0.500. The monoisotopic (exact) mass is 293 g/mol. The molecule has 0 atom stereocenters. The average Bonchev–Trinajstić information content (AvgIpc) is 2.34. The van der Waals surface area contributed by atoms with Crippen molar-refractivity contribution in [3.8, 4) is 5.75 Å². The normalized spacial score (nSPS) is 11.2. The number of aldehydes is 1. The van der Waals surface area contributed by atoms with Gasteiger partial charge in [0.15, 0.2) is 6.29 Å². The van der Waals surface area contributed by atoms with Crippen LogP contribution in [0.1, 0.15) is 56.5 Å². The smallest absolute Gasteiger partial charge is 0.412 e. The molecule has 5 nitrogen and oxygen atoms in total. The molecular formula is C16H23NO4. The minimum absolute atomic E-state index is 0.135. The van der Waals surface area contributed by atoms with Gasteiger partial charge in [0.25, 0.3) is 0 Å². The van der Waals surface area contributed by atoms with Crippen molar-refractivity contribution in [2.45, 2.75) is 46.1 Å². The van der Waals surface area contributed by atoms with Crippen molar-refractivity contribution in [1.29, 1.82) is 0 Å². The van der Waals surface area contributed by atoms with Crippen LogP contribution >= 0.6 is 0 Å². The summed E-state index contributed by atoms with van der Waals surface area (Å²) in [6, 6.07) is 3.31. The number of nitrogens with one attached hydrogen (secondary N) is 1.